The van der Waals surface area contributed by atoms with Gasteiger partial charge in [0.05, 0.1) is 6.54 Å². The molecule has 3 nitrogen and oxygen atoms in total. The van der Waals surface area contributed by atoms with E-state index in [0.717, 1.165) is 18.8 Å². The van der Waals surface area contributed by atoms with E-state index in [1.807, 2.05) is 16.7 Å². The first-order valence-corrected chi connectivity index (χ1v) is 7.81. The molecular weight excluding hydrogens is 232 g/mol. The topological polar surface area (TPSA) is 32.3 Å². The highest BCUT2D eigenvalue weighted by Crippen LogP contribution is 2.33. The Bertz CT molecular complexity index is 275. The smallest absolute Gasteiger partial charge is 0.236 e. The summed E-state index contributed by atoms with van der Waals surface area (Å²) >= 11 is 2.01. The number of thioether (sulfide) groups is 1. The molecule has 0 saturated carbocycles. The molecule has 0 aromatic heterocycles. The van der Waals surface area contributed by atoms with Crippen molar-refractivity contribution >= 4 is 17.7 Å². The lowest BCUT2D eigenvalue weighted by Gasteiger charge is -2.35. The third kappa shape index (κ3) is 3.88. The molecule has 0 bridgehead atoms. The maximum atomic E-state index is 11.9. The minimum Gasteiger partial charge on any atom is -0.342 e. The Balaban J connectivity index is 1.72. The number of nitrogens with one attached hydrogen (secondary N) is 1. The van der Waals surface area contributed by atoms with Crippen LogP contribution < -0.4 is 5.32 Å². The Morgan fingerprint density at radius 3 is 2.76 bits per heavy atom. The Labute approximate surface area is 109 Å². The molecule has 0 aliphatic carbocycles. The fourth-order valence-electron chi connectivity index (χ4n) is 2.70. The second-order valence-electron chi connectivity index (χ2n) is 6.05. The first kappa shape index (κ1) is 13.2. The molecule has 1 amide bonds. The minimum absolute atomic E-state index is 0.288. The molecule has 2 rings (SSSR count). The number of likely N-dealkylation sites (tertiary alicyclic amines) is 1. The van der Waals surface area contributed by atoms with E-state index in [9.17, 15) is 4.79 Å². The van der Waals surface area contributed by atoms with Crippen LogP contribution in [0.2, 0.25) is 0 Å². The molecule has 2 fully saturated rings. The van der Waals surface area contributed by atoms with Crippen molar-refractivity contribution in [2.24, 2.45) is 5.41 Å². The zero-order valence-corrected chi connectivity index (χ0v) is 11.8. The van der Waals surface area contributed by atoms with Crippen LogP contribution >= 0.6 is 11.8 Å². The molecule has 1 unspecified atom stereocenters. The van der Waals surface area contributed by atoms with Gasteiger partial charge in [0, 0.05) is 24.9 Å². The number of hydrogen-bond acceptors (Lipinski definition) is 3. The Hall–Kier alpha value is -0.220. The monoisotopic (exact) mass is 256 g/mol. The lowest BCUT2D eigenvalue weighted by atomic mass is 9.88. The van der Waals surface area contributed by atoms with Crippen molar-refractivity contribution in [3.05, 3.63) is 0 Å². The zero-order chi connectivity index (χ0) is 12.3. The van der Waals surface area contributed by atoms with Crippen LogP contribution in [-0.4, -0.2) is 48.0 Å². The van der Waals surface area contributed by atoms with Crippen molar-refractivity contribution in [2.75, 3.05) is 31.1 Å². The number of hydrogen-bond donors (Lipinski definition) is 1. The van der Waals surface area contributed by atoms with Crippen molar-refractivity contribution in [3.8, 4) is 0 Å². The van der Waals surface area contributed by atoms with E-state index in [0.29, 0.717) is 18.0 Å². The maximum absolute atomic E-state index is 11.9. The van der Waals surface area contributed by atoms with Gasteiger partial charge >= 0.3 is 0 Å². The van der Waals surface area contributed by atoms with Crippen LogP contribution in [0, 0.1) is 5.41 Å². The van der Waals surface area contributed by atoms with Gasteiger partial charge in [-0.15, -0.1) is 0 Å². The highest BCUT2D eigenvalue weighted by atomic mass is 32.2. The third-order valence-corrected chi connectivity index (χ3v) is 5.24. The lowest BCUT2D eigenvalue weighted by molar-refractivity contribution is -0.129. The van der Waals surface area contributed by atoms with E-state index in [-0.39, 0.29) is 5.91 Å². The highest BCUT2D eigenvalue weighted by molar-refractivity contribution is 7.99. The molecule has 2 aliphatic heterocycles. The van der Waals surface area contributed by atoms with Gasteiger partial charge in [0.2, 0.25) is 5.91 Å². The number of carbonyl (C=O) groups excluding carboxylic acids is 1. The Kier molecular flexibility index (Phi) is 4.36. The maximum Gasteiger partial charge on any atom is 0.236 e. The van der Waals surface area contributed by atoms with Crippen molar-refractivity contribution < 1.29 is 4.79 Å². The van der Waals surface area contributed by atoms with Gasteiger partial charge in [-0.3, -0.25) is 4.79 Å². The Morgan fingerprint density at radius 1 is 1.41 bits per heavy atom. The van der Waals surface area contributed by atoms with E-state index >= 15 is 0 Å². The predicted molar refractivity (Wildman–Crippen MR) is 73.3 cm³/mol. The molecule has 0 aromatic rings. The largest absolute Gasteiger partial charge is 0.342 e. The number of amides is 1. The molecule has 2 saturated heterocycles. The van der Waals surface area contributed by atoms with Gasteiger partial charge in [0.15, 0.2) is 0 Å². The summed E-state index contributed by atoms with van der Waals surface area (Å²) < 4.78 is 0. The van der Waals surface area contributed by atoms with Gasteiger partial charge in [-0.25, -0.2) is 0 Å². The van der Waals surface area contributed by atoms with Crippen LogP contribution in [0.15, 0.2) is 0 Å². The number of carbonyl (C=O) groups is 1. The van der Waals surface area contributed by atoms with E-state index in [2.05, 4.69) is 19.2 Å². The molecule has 0 aromatic carbocycles. The van der Waals surface area contributed by atoms with E-state index in [1.54, 1.807) is 0 Å². The van der Waals surface area contributed by atoms with Gasteiger partial charge in [-0.05, 0) is 30.4 Å². The van der Waals surface area contributed by atoms with Crippen LogP contribution in [0.25, 0.3) is 0 Å². The van der Waals surface area contributed by atoms with Gasteiger partial charge in [-0.1, -0.05) is 13.8 Å². The summed E-state index contributed by atoms with van der Waals surface area (Å²) in [6.45, 7) is 7.09. The first-order valence-electron chi connectivity index (χ1n) is 6.66. The van der Waals surface area contributed by atoms with Gasteiger partial charge < -0.3 is 10.2 Å². The molecule has 0 radical (unpaired) electrons. The van der Waals surface area contributed by atoms with Gasteiger partial charge in [0.25, 0.3) is 0 Å². The summed E-state index contributed by atoms with van der Waals surface area (Å²) in [4.78, 5) is 13.9. The van der Waals surface area contributed by atoms with E-state index < -0.39 is 0 Å². The molecule has 2 aliphatic rings. The van der Waals surface area contributed by atoms with Gasteiger partial charge in [0.1, 0.15) is 0 Å². The summed E-state index contributed by atoms with van der Waals surface area (Å²) in [5.74, 6) is 2.68. The van der Waals surface area contributed by atoms with Gasteiger partial charge in [-0.2, -0.15) is 11.8 Å². The average Bonchev–Trinajstić information content (AvgIpc) is 2.78. The lowest BCUT2D eigenvalue weighted by Crippen LogP contribution is -2.45. The SMILES string of the molecule is CC1(C)CSCC(NCC(=O)N2CCCC2)C1. The van der Waals surface area contributed by atoms with E-state index in [1.165, 1.54) is 25.0 Å². The van der Waals surface area contributed by atoms with Crippen LogP contribution in [-0.2, 0) is 4.79 Å². The van der Waals surface area contributed by atoms with Crippen LogP contribution in [0.3, 0.4) is 0 Å². The average molecular weight is 256 g/mol. The van der Waals surface area contributed by atoms with Crippen molar-refractivity contribution in [1.82, 2.24) is 10.2 Å². The summed E-state index contributed by atoms with van der Waals surface area (Å²) in [5.41, 5.74) is 0.414. The van der Waals surface area contributed by atoms with Crippen molar-refractivity contribution in [1.29, 1.82) is 0 Å². The number of nitrogens with zero attached hydrogens (tertiary/aromatic N) is 1. The first-order chi connectivity index (χ1) is 8.07. The normalized spacial score (nSPS) is 28.4. The quantitative estimate of drug-likeness (QED) is 0.834. The fourth-order valence-corrected chi connectivity index (χ4v) is 4.01. The molecule has 1 atom stereocenters. The summed E-state index contributed by atoms with van der Waals surface area (Å²) in [5, 5.41) is 3.44. The second kappa shape index (κ2) is 5.61. The standard InChI is InChI=1S/C13H24N2OS/c1-13(2)7-11(9-17-10-13)14-8-12(16)15-5-3-4-6-15/h11,14H,3-10H2,1-2H3. The molecule has 4 heteroatoms. The van der Waals surface area contributed by atoms with Crippen LogP contribution in [0.1, 0.15) is 33.1 Å². The van der Waals surface area contributed by atoms with E-state index in [4.69, 9.17) is 0 Å². The summed E-state index contributed by atoms with van der Waals surface area (Å²) in [6.07, 6.45) is 3.55. The summed E-state index contributed by atoms with van der Waals surface area (Å²) in [7, 11) is 0. The van der Waals surface area contributed by atoms with Crippen molar-refractivity contribution in [2.45, 2.75) is 39.2 Å². The van der Waals surface area contributed by atoms with Crippen molar-refractivity contribution in [3.63, 3.8) is 0 Å². The second-order valence-corrected chi connectivity index (χ2v) is 7.08. The van der Waals surface area contributed by atoms with Crippen LogP contribution in [0.5, 0.6) is 0 Å². The minimum atomic E-state index is 0.288. The summed E-state index contributed by atoms with van der Waals surface area (Å²) in [6, 6.07) is 0.510. The predicted octanol–water partition coefficient (Wildman–Crippen LogP) is 1.73. The molecule has 2 heterocycles. The molecule has 1 N–H and O–H groups in total. The zero-order valence-electron chi connectivity index (χ0n) is 11.0. The fraction of sp³-hybridized carbons (Fsp3) is 0.923. The van der Waals surface area contributed by atoms with Crippen LogP contribution in [0.4, 0.5) is 0 Å². The Morgan fingerprint density at radius 2 is 2.12 bits per heavy atom. The molecule has 0 spiro atoms. The molecule has 17 heavy (non-hydrogen) atoms. The number of rotatable bonds is 3. The molecular formula is C13H24N2OS. The third-order valence-electron chi connectivity index (χ3n) is 3.61. The highest BCUT2D eigenvalue weighted by Gasteiger charge is 2.28. The molecule has 98 valence electrons.